The van der Waals surface area contributed by atoms with Crippen LogP contribution < -0.4 is 0 Å². The number of aliphatic hydroxyl groups is 3. The lowest BCUT2D eigenvalue weighted by Gasteiger charge is -2.18. The number of unbranched alkanes of at least 4 members (excludes halogenated alkanes) is 2. The third-order valence-electron chi connectivity index (χ3n) is 1.84. The van der Waals surface area contributed by atoms with Gasteiger partial charge in [-0.1, -0.05) is 48.8 Å². The lowest BCUT2D eigenvalue weighted by Crippen LogP contribution is -2.28. The Kier molecular flexibility index (Phi) is 8.97. The van der Waals surface area contributed by atoms with E-state index < -0.39 is 5.97 Å². The van der Waals surface area contributed by atoms with Crippen LogP contribution in [0.3, 0.4) is 0 Å². The number of hydrogen-bond acceptors (Lipinski definition) is 3. The number of hydrogen-bond donors (Lipinski definition) is 3. The molecule has 15 heavy (non-hydrogen) atoms. The van der Waals surface area contributed by atoms with Crippen LogP contribution >= 0.6 is 67.8 Å². The Morgan fingerprint density at radius 1 is 1.20 bits per heavy atom. The first-order valence-electron chi connectivity index (χ1n) is 4.67. The maximum absolute atomic E-state index is 9.01. The highest BCUT2D eigenvalue weighted by Gasteiger charge is 2.27. The van der Waals surface area contributed by atoms with Crippen molar-refractivity contribution in [2.45, 2.75) is 42.5 Å². The van der Waals surface area contributed by atoms with Crippen LogP contribution in [0.15, 0.2) is 7.16 Å². The molecule has 0 rings (SSSR count). The van der Waals surface area contributed by atoms with Gasteiger partial charge in [-0.05, 0) is 51.6 Å². The molecule has 0 aromatic carbocycles. The first-order chi connectivity index (χ1) is 6.80. The Morgan fingerprint density at radius 3 is 2.13 bits per heavy atom. The van der Waals surface area contributed by atoms with Crippen molar-refractivity contribution in [1.82, 2.24) is 0 Å². The van der Waals surface area contributed by atoms with Crippen LogP contribution in [-0.2, 0) is 0 Å². The van der Waals surface area contributed by atoms with Crippen molar-refractivity contribution in [2.24, 2.45) is 0 Å². The van der Waals surface area contributed by atoms with Crippen LogP contribution in [0.25, 0.3) is 0 Å². The first kappa shape index (κ1) is 16.8. The molecule has 3 nitrogen and oxygen atoms in total. The van der Waals surface area contributed by atoms with Gasteiger partial charge in [0.2, 0.25) is 0 Å². The maximum Gasteiger partial charge on any atom is 0.311 e. The second-order valence-corrected chi connectivity index (χ2v) is 7.01. The topological polar surface area (TPSA) is 60.7 Å². The van der Waals surface area contributed by atoms with Gasteiger partial charge < -0.3 is 15.3 Å². The zero-order valence-electron chi connectivity index (χ0n) is 8.38. The van der Waals surface area contributed by atoms with E-state index in [0.29, 0.717) is 0 Å². The molecule has 90 valence electrons. The lowest BCUT2D eigenvalue weighted by atomic mass is 10.1. The Bertz CT molecular complexity index is 223. The molecule has 0 aromatic rings. The fourth-order valence-corrected chi connectivity index (χ4v) is 3.39. The molecule has 0 heterocycles. The summed E-state index contributed by atoms with van der Waals surface area (Å²) in [6.07, 6.45) is 4.47. The van der Waals surface area contributed by atoms with Gasteiger partial charge in [0.1, 0.15) is 0 Å². The summed E-state index contributed by atoms with van der Waals surface area (Å²) < 4.78 is 1.22. The second kappa shape index (κ2) is 8.01. The van der Waals surface area contributed by atoms with E-state index >= 15 is 0 Å². The number of halogens is 3. The average Bonchev–Trinajstić information content (AvgIpc) is 2.14. The first-order valence-corrected chi connectivity index (χ1v) is 8.07. The van der Waals surface area contributed by atoms with Crippen LogP contribution in [0, 0.1) is 0 Å². The number of alkyl halides is 1. The minimum absolute atomic E-state index is 0.191. The van der Waals surface area contributed by atoms with E-state index in [1.54, 1.807) is 22.6 Å². The Labute approximate surface area is 131 Å². The molecule has 0 bridgehead atoms. The molecule has 1 unspecified atom stereocenters. The van der Waals surface area contributed by atoms with Gasteiger partial charge >= 0.3 is 5.97 Å². The molecule has 0 saturated heterocycles. The highest BCUT2D eigenvalue weighted by molar-refractivity contribution is 14.1. The van der Waals surface area contributed by atoms with Crippen molar-refractivity contribution in [3.8, 4) is 0 Å². The molecule has 0 aliphatic carbocycles. The number of rotatable bonds is 6. The molecule has 6 heteroatoms. The molecule has 0 aliphatic rings. The monoisotopic (exact) mass is 552 g/mol. The zero-order chi connectivity index (χ0) is 12.1. The number of allylic oxidation sites excluding steroid dienone is 1. The van der Waals surface area contributed by atoms with Gasteiger partial charge in [-0.2, -0.15) is 0 Å². The summed E-state index contributed by atoms with van der Waals surface area (Å²) in [6, 6.07) is 0. The molecule has 0 spiro atoms. The van der Waals surface area contributed by atoms with E-state index in [9.17, 15) is 0 Å². The van der Waals surface area contributed by atoms with E-state index in [1.165, 1.54) is 12.8 Å². The van der Waals surface area contributed by atoms with Crippen molar-refractivity contribution in [3.63, 3.8) is 0 Å². The van der Waals surface area contributed by atoms with Crippen molar-refractivity contribution in [2.75, 3.05) is 0 Å². The smallest absolute Gasteiger partial charge is 0.311 e. The summed E-state index contributed by atoms with van der Waals surface area (Å²) >= 11 is 6.08. The van der Waals surface area contributed by atoms with Crippen LogP contribution in [0.4, 0.5) is 0 Å². The lowest BCUT2D eigenvalue weighted by molar-refractivity contribution is -0.275. The van der Waals surface area contributed by atoms with Crippen LogP contribution in [-0.4, -0.2) is 25.2 Å². The fraction of sp³-hybridized carbons (Fsp3) is 0.778. The molecule has 0 radical (unpaired) electrons. The Morgan fingerprint density at radius 2 is 1.73 bits per heavy atom. The largest absolute Gasteiger partial charge is 0.339 e. The SMILES string of the molecule is CCCCCC(I)/C(I)=C(\I)C(O)(O)O. The average molecular weight is 552 g/mol. The van der Waals surface area contributed by atoms with Gasteiger partial charge in [0.05, 0.1) is 3.58 Å². The standard InChI is InChI=1S/C9H15I3O3/c1-2-3-4-5-6(10)7(11)8(12)9(13,14)15/h6,13-15H,2-5H2,1H3/b8-7+. The minimum atomic E-state index is -2.69. The van der Waals surface area contributed by atoms with Gasteiger partial charge in [0.25, 0.3) is 0 Å². The van der Waals surface area contributed by atoms with E-state index in [4.69, 9.17) is 15.3 Å². The molecular formula is C9H15I3O3. The quantitative estimate of drug-likeness (QED) is 0.206. The molecular weight excluding hydrogens is 537 g/mol. The summed E-state index contributed by atoms with van der Waals surface area (Å²) in [5.74, 6) is -2.69. The summed E-state index contributed by atoms with van der Waals surface area (Å²) in [5.41, 5.74) is 0. The van der Waals surface area contributed by atoms with Crippen LogP contribution in [0.1, 0.15) is 32.6 Å². The molecule has 1 atom stereocenters. The molecule has 3 N–H and O–H groups in total. The third kappa shape index (κ3) is 6.96. The molecule has 0 saturated carbocycles. The summed E-state index contributed by atoms with van der Waals surface area (Å²) in [4.78, 5) is 0. The maximum atomic E-state index is 9.01. The van der Waals surface area contributed by atoms with Gasteiger partial charge in [0, 0.05) is 7.50 Å². The summed E-state index contributed by atoms with van der Waals surface area (Å²) in [6.45, 7) is 2.15. The summed E-state index contributed by atoms with van der Waals surface area (Å²) in [7, 11) is 0. The Balaban J connectivity index is 4.35. The van der Waals surface area contributed by atoms with E-state index in [0.717, 1.165) is 16.4 Å². The molecule has 0 amide bonds. The predicted octanol–water partition coefficient (Wildman–Crippen LogP) is 3.08. The van der Waals surface area contributed by atoms with Crippen LogP contribution in [0.5, 0.6) is 0 Å². The molecule has 0 aromatic heterocycles. The zero-order valence-corrected chi connectivity index (χ0v) is 14.9. The van der Waals surface area contributed by atoms with Crippen molar-refractivity contribution >= 4 is 67.8 Å². The van der Waals surface area contributed by atoms with E-state index in [1.807, 2.05) is 0 Å². The van der Waals surface area contributed by atoms with Gasteiger partial charge in [-0.3, -0.25) is 0 Å². The van der Waals surface area contributed by atoms with Crippen molar-refractivity contribution < 1.29 is 15.3 Å². The molecule has 0 aliphatic heterocycles. The van der Waals surface area contributed by atoms with Crippen molar-refractivity contribution in [1.29, 1.82) is 0 Å². The van der Waals surface area contributed by atoms with Crippen molar-refractivity contribution in [3.05, 3.63) is 7.16 Å². The summed E-state index contributed by atoms with van der Waals surface area (Å²) in [5, 5.41) is 27.0. The minimum Gasteiger partial charge on any atom is -0.339 e. The third-order valence-corrected chi connectivity index (χ3v) is 7.91. The van der Waals surface area contributed by atoms with E-state index in [2.05, 4.69) is 52.1 Å². The van der Waals surface area contributed by atoms with Gasteiger partial charge in [-0.15, -0.1) is 0 Å². The van der Waals surface area contributed by atoms with Gasteiger partial charge in [-0.25, -0.2) is 0 Å². The fourth-order valence-electron chi connectivity index (χ4n) is 0.998. The van der Waals surface area contributed by atoms with Gasteiger partial charge in [0.15, 0.2) is 0 Å². The van der Waals surface area contributed by atoms with E-state index in [-0.39, 0.29) is 7.50 Å². The molecule has 0 fully saturated rings. The highest BCUT2D eigenvalue weighted by atomic mass is 127. The Hall–Kier alpha value is 1.81. The normalized spacial score (nSPS) is 16.2. The predicted molar refractivity (Wildman–Crippen MR) is 86.4 cm³/mol. The second-order valence-electron chi connectivity index (χ2n) is 3.26. The highest BCUT2D eigenvalue weighted by Crippen LogP contribution is 2.34. The van der Waals surface area contributed by atoms with Crippen LogP contribution in [0.2, 0.25) is 0 Å².